The Morgan fingerprint density at radius 3 is 1.38 bits per heavy atom. The van der Waals surface area contributed by atoms with Crippen LogP contribution in [0, 0.1) is 0 Å². The van der Waals surface area contributed by atoms with Gasteiger partial charge < -0.3 is 17.1 Å². The van der Waals surface area contributed by atoms with Crippen molar-refractivity contribution >= 4 is 52.5 Å². The second-order valence-corrected chi connectivity index (χ2v) is 10.2. The lowest BCUT2D eigenvalue weighted by Gasteiger charge is -2.29. The van der Waals surface area contributed by atoms with Crippen LogP contribution in [-0.2, 0) is 4.74 Å². The average molecular weight is 467 g/mol. The molecule has 0 bridgehead atoms. The molecule has 0 atom stereocenters. The molecule has 1 amide bonds. The summed E-state index contributed by atoms with van der Waals surface area (Å²) in [5.74, 6) is 0. The summed E-state index contributed by atoms with van der Waals surface area (Å²) in [4.78, 5) is 12.2. The van der Waals surface area contributed by atoms with Gasteiger partial charge >= 0.3 is 6.09 Å². The van der Waals surface area contributed by atoms with E-state index >= 15 is 0 Å². The molecule has 3 nitrogen and oxygen atoms in total. The number of nitrogens with one attached hydrogen (secondary N) is 1. The van der Waals surface area contributed by atoms with Crippen LogP contribution in [0.5, 0.6) is 0 Å². The van der Waals surface area contributed by atoms with Gasteiger partial charge in [-0.1, -0.05) is 77.8 Å². The van der Waals surface area contributed by atoms with E-state index in [4.69, 9.17) is 27.9 Å². The molecule has 29 heavy (non-hydrogen) atoms. The van der Waals surface area contributed by atoms with Crippen molar-refractivity contribution in [3.63, 3.8) is 0 Å². The Balaban J connectivity index is 0.00000300. The normalized spacial score (nSPS) is 10.4. The van der Waals surface area contributed by atoms with Gasteiger partial charge in [0.25, 0.3) is 0 Å². The van der Waals surface area contributed by atoms with E-state index in [1.54, 1.807) is 0 Å². The first-order valence-electron chi connectivity index (χ1n) is 8.57. The Labute approximate surface area is 187 Å². The lowest BCUT2D eigenvalue weighted by molar-refractivity contribution is -0.0000104. The van der Waals surface area contributed by atoms with E-state index in [0.29, 0.717) is 5.44 Å². The monoisotopic (exact) mass is 465 g/mol. The Kier molecular flexibility index (Phi) is 8.55. The first kappa shape index (κ1) is 23.3. The Bertz CT molecular complexity index is 866. The molecule has 0 fully saturated rings. The van der Waals surface area contributed by atoms with Crippen molar-refractivity contribution in [2.24, 2.45) is 0 Å². The highest BCUT2D eigenvalue weighted by molar-refractivity contribution is 7.99. The van der Waals surface area contributed by atoms with Crippen LogP contribution in [-0.4, -0.2) is 13.2 Å². The van der Waals surface area contributed by atoms with Gasteiger partial charge in [0.1, 0.15) is 15.9 Å². The predicted molar refractivity (Wildman–Crippen MR) is 119 cm³/mol. The zero-order valence-electron chi connectivity index (χ0n) is 15.6. The second-order valence-electron chi connectivity index (χ2n) is 5.90. The second kappa shape index (κ2) is 10.7. The molecule has 3 aromatic carbocycles. The van der Waals surface area contributed by atoms with Gasteiger partial charge in [-0.05, 0) is 36.4 Å². The van der Waals surface area contributed by atoms with Crippen molar-refractivity contribution in [1.82, 2.24) is 5.32 Å². The van der Waals surface area contributed by atoms with Crippen LogP contribution in [0.4, 0.5) is 4.79 Å². The molecule has 3 rings (SSSR count). The largest absolute Gasteiger partial charge is 1.00 e. The maximum atomic E-state index is 12.2. The molecule has 0 unspecified atom stereocenters. The standard InChI is InChI=1S/C22H18Cl2NO2P.ClH/c1-27-22(26)25-21(20(23)24)28(17-11-5-2-6-12-17,18-13-7-3-8-14-18)19-15-9-4-10-16-19;/h2-16H,1H3;1H. The lowest BCUT2D eigenvalue weighted by Crippen LogP contribution is -3.00. The molecule has 7 heteroatoms. The summed E-state index contributed by atoms with van der Waals surface area (Å²) < 4.78 is 4.85. The summed E-state index contributed by atoms with van der Waals surface area (Å²) in [5.41, 5.74) is 0.436. The molecule has 0 saturated heterocycles. The summed E-state index contributed by atoms with van der Waals surface area (Å²) in [7, 11) is -1.27. The number of ether oxygens (including phenoxy) is 1. The summed E-state index contributed by atoms with van der Waals surface area (Å²) in [5, 5.41) is 5.84. The van der Waals surface area contributed by atoms with Gasteiger partial charge in [-0.15, -0.1) is 0 Å². The van der Waals surface area contributed by atoms with Crippen LogP contribution in [0.15, 0.2) is 101 Å². The Morgan fingerprint density at radius 2 is 1.10 bits per heavy atom. The summed E-state index contributed by atoms with van der Waals surface area (Å²) in [6.07, 6.45) is -0.624. The fourth-order valence-corrected chi connectivity index (χ4v) is 8.09. The highest BCUT2D eigenvalue weighted by atomic mass is 35.5. The number of hydrogen-bond donors (Lipinski definition) is 1. The minimum atomic E-state index is -2.58. The minimum Gasteiger partial charge on any atom is -1.00 e. The van der Waals surface area contributed by atoms with E-state index in [0.717, 1.165) is 15.9 Å². The molecule has 0 aliphatic rings. The third-order valence-electron chi connectivity index (χ3n) is 4.35. The van der Waals surface area contributed by atoms with Gasteiger partial charge in [-0.3, -0.25) is 5.32 Å². The van der Waals surface area contributed by atoms with Crippen LogP contribution < -0.4 is 33.6 Å². The Morgan fingerprint density at radius 1 is 0.759 bits per heavy atom. The third-order valence-corrected chi connectivity index (χ3v) is 9.22. The highest BCUT2D eigenvalue weighted by Gasteiger charge is 2.52. The molecule has 150 valence electrons. The third kappa shape index (κ3) is 4.76. The topological polar surface area (TPSA) is 38.3 Å². The molecule has 0 aliphatic carbocycles. The maximum Gasteiger partial charge on any atom is 0.413 e. The number of benzene rings is 3. The quantitative estimate of drug-likeness (QED) is 0.584. The van der Waals surface area contributed by atoms with Gasteiger partial charge in [-0.2, -0.15) is 0 Å². The van der Waals surface area contributed by atoms with Crippen LogP contribution >= 0.6 is 30.5 Å². The van der Waals surface area contributed by atoms with Crippen molar-refractivity contribution < 1.29 is 21.9 Å². The number of rotatable bonds is 5. The van der Waals surface area contributed by atoms with Crippen molar-refractivity contribution in [3.8, 4) is 0 Å². The maximum absolute atomic E-state index is 12.2. The number of amides is 1. The zero-order valence-corrected chi connectivity index (χ0v) is 18.7. The van der Waals surface area contributed by atoms with E-state index in [9.17, 15) is 4.79 Å². The van der Waals surface area contributed by atoms with Gasteiger partial charge in [0.2, 0.25) is 5.44 Å². The van der Waals surface area contributed by atoms with E-state index < -0.39 is 13.4 Å². The highest BCUT2D eigenvalue weighted by Crippen LogP contribution is 2.62. The molecular weight excluding hydrogens is 448 g/mol. The van der Waals surface area contributed by atoms with Crippen LogP contribution in [0.2, 0.25) is 0 Å². The number of methoxy groups -OCH3 is 1. The molecule has 1 N–H and O–H groups in total. The molecule has 0 aromatic heterocycles. The van der Waals surface area contributed by atoms with Gasteiger partial charge in [-0.25, -0.2) is 4.79 Å². The summed E-state index contributed by atoms with van der Waals surface area (Å²) >= 11 is 12.8. The number of alkyl carbamates (subject to hydrolysis) is 1. The Hall–Kier alpha value is -2.03. The number of carbonyl (C=O) groups is 1. The van der Waals surface area contributed by atoms with Crippen LogP contribution in [0.25, 0.3) is 0 Å². The lowest BCUT2D eigenvalue weighted by atomic mass is 10.4. The SMILES string of the molecule is COC(=O)NC(=C(Cl)Cl)[P+](c1ccccc1)(c1ccccc1)c1ccccc1.[Cl-]. The van der Waals surface area contributed by atoms with E-state index in [1.165, 1.54) is 7.11 Å². The molecular formula is C22H19Cl3NO2P. The van der Waals surface area contributed by atoms with Crippen molar-refractivity contribution in [3.05, 3.63) is 101 Å². The van der Waals surface area contributed by atoms with Crippen molar-refractivity contribution in [2.75, 3.05) is 7.11 Å². The number of hydrogen-bond acceptors (Lipinski definition) is 2. The van der Waals surface area contributed by atoms with E-state index in [-0.39, 0.29) is 16.9 Å². The smallest absolute Gasteiger partial charge is 0.413 e. The molecule has 0 radical (unpaired) electrons. The first-order valence-corrected chi connectivity index (χ1v) is 11.1. The van der Waals surface area contributed by atoms with Crippen molar-refractivity contribution in [2.45, 2.75) is 0 Å². The van der Waals surface area contributed by atoms with Crippen LogP contribution in [0.1, 0.15) is 0 Å². The molecule has 0 aliphatic heterocycles. The molecule has 0 spiro atoms. The van der Waals surface area contributed by atoms with E-state index in [2.05, 4.69) is 5.32 Å². The predicted octanol–water partition coefficient (Wildman–Crippen LogP) is 1.94. The van der Waals surface area contributed by atoms with Gasteiger partial charge in [0.05, 0.1) is 7.11 Å². The molecule has 0 saturated carbocycles. The first-order chi connectivity index (χ1) is 13.6. The summed E-state index contributed by atoms with van der Waals surface area (Å²) in [6.45, 7) is 0. The van der Waals surface area contributed by atoms with Crippen LogP contribution in [0.3, 0.4) is 0 Å². The fourth-order valence-electron chi connectivity index (χ4n) is 3.19. The molecule has 0 heterocycles. The fraction of sp³-hybridized carbons (Fsp3) is 0.0455. The van der Waals surface area contributed by atoms with Gasteiger partial charge in [0.15, 0.2) is 11.8 Å². The van der Waals surface area contributed by atoms with E-state index in [1.807, 2.05) is 91.0 Å². The minimum absolute atomic E-state index is 0. The number of carbonyl (C=O) groups excluding carboxylic acids is 1. The van der Waals surface area contributed by atoms with Crippen molar-refractivity contribution in [1.29, 1.82) is 0 Å². The molecule has 3 aromatic rings. The summed E-state index contributed by atoms with van der Waals surface area (Å²) in [6, 6.07) is 29.8. The zero-order chi connectivity index (χ0) is 20.0. The van der Waals surface area contributed by atoms with Gasteiger partial charge in [0, 0.05) is 0 Å². The number of halogens is 3. The average Bonchev–Trinajstić information content (AvgIpc) is 2.75.